The van der Waals surface area contributed by atoms with Crippen molar-refractivity contribution in [3.05, 3.63) is 29.8 Å². The Morgan fingerprint density at radius 2 is 1.86 bits per heavy atom. The van der Waals surface area contributed by atoms with Crippen LogP contribution < -0.4 is 4.74 Å². The lowest BCUT2D eigenvalue weighted by Crippen LogP contribution is -2.44. The normalized spacial score (nSPS) is 29.8. The predicted molar refractivity (Wildman–Crippen MR) is 102 cm³/mol. The summed E-state index contributed by atoms with van der Waals surface area (Å²) in [5.41, 5.74) is 0.968. The Balaban J connectivity index is 1.58. The van der Waals surface area contributed by atoms with E-state index in [0.717, 1.165) is 17.7 Å². The monoisotopic (exact) mass is 396 g/mol. The molecule has 0 aromatic heterocycles. The maximum absolute atomic E-state index is 10.1. The van der Waals surface area contributed by atoms with Crippen LogP contribution in [0.15, 0.2) is 24.3 Å². The van der Waals surface area contributed by atoms with Crippen molar-refractivity contribution in [2.75, 3.05) is 13.2 Å². The molecular formula is C21H32O7. The second-order valence-corrected chi connectivity index (χ2v) is 8.27. The minimum Gasteiger partial charge on any atom is -0.494 e. The molecule has 2 fully saturated rings. The van der Waals surface area contributed by atoms with Gasteiger partial charge in [-0.1, -0.05) is 26.0 Å². The first-order valence-corrected chi connectivity index (χ1v) is 9.92. The van der Waals surface area contributed by atoms with Gasteiger partial charge in [-0.15, -0.1) is 0 Å². The molecule has 2 N–H and O–H groups in total. The fraction of sp³-hybridized carbons (Fsp3) is 0.714. The van der Waals surface area contributed by atoms with Crippen molar-refractivity contribution in [2.45, 2.75) is 77.2 Å². The fourth-order valence-electron chi connectivity index (χ4n) is 3.39. The van der Waals surface area contributed by atoms with E-state index in [-0.39, 0.29) is 0 Å². The first-order chi connectivity index (χ1) is 13.3. The highest BCUT2D eigenvalue weighted by Crippen LogP contribution is 2.39. The van der Waals surface area contributed by atoms with Gasteiger partial charge in [-0.05, 0) is 43.9 Å². The van der Waals surface area contributed by atoms with Crippen LogP contribution in [0.3, 0.4) is 0 Å². The Morgan fingerprint density at radius 3 is 2.50 bits per heavy atom. The van der Waals surface area contributed by atoms with Crippen molar-refractivity contribution < 1.29 is 33.9 Å². The maximum atomic E-state index is 10.1. The van der Waals surface area contributed by atoms with Crippen molar-refractivity contribution in [1.82, 2.24) is 0 Å². The third kappa shape index (κ3) is 5.23. The van der Waals surface area contributed by atoms with E-state index in [2.05, 4.69) is 13.8 Å². The minimum absolute atomic E-state index is 0.321. The number of aliphatic hydroxyl groups excluding tert-OH is 2. The van der Waals surface area contributed by atoms with E-state index in [9.17, 15) is 10.2 Å². The molecule has 5 atom stereocenters. The standard InChI is InChI=1S/C21H32O7/c1-13(2)9-10-24-15-7-5-14(6-8-15)12-25-18-17(16(23)11-22)26-20-19(18)27-21(3,4)28-20/h5-8,13,16-20,22-23H,9-12H2,1-4H3/t16-,17-,18-,19-,20+/m1/s1. The van der Waals surface area contributed by atoms with Crippen LogP contribution in [-0.2, 0) is 25.6 Å². The summed E-state index contributed by atoms with van der Waals surface area (Å²) in [7, 11) is 0. The van der Waals surface area contributed by atoms with Crippen LogP contribution in [-0.4, -0.2) is 59.9 Å². The molecule has 3 rings (SSSR count). The van der Waals surface area contributed by atoms with Gasteiger partial charge in [0.25, 0.3) is 0 Å². The molecular weight excluding hydrogens is 364 g/mol. The van der Waals surface area contributed by atoms with Gasteiger partial charge in [-0.3, -0.25) is 0 Å². The maximum Gasteiger partial charge on any atom is 0.190 e. The number of fused-ring (bicyclic) bond motifs is 1. The van der Waals surface area contributed by atoms with Gasteiger partial charge in [0.15, 0.2) is 12.1 Å². The SMILES string of the molecule is CC(C)CCOc1ccc(CO[C@H]2[C@H]3OC(C)(C)O[C@@H]3O[C@@H]2[C@H](O)CO)cc1. The molecule has 1 aromatic rings. The first kappa shape index (κ1) is 21.5. The molecule has 0 saturated carbocycles. The third-order valence-electron chi connectivity index (χ3n) is 4.92. The predicted octanol–water partition coefficient (Wildman–Crippen LogP) is 2.23. The Morgan fingerprint density at radius 1 is 1.14 bits per heavy atom. The van der Waals surface area contributed by atoms with Crippen molar-refractivity contribution in [3.8, 4) is 5.75 Å². The summed E-state index contributed by atoms with van der Waals surface area (Å²) < 4.78 is 29.1. The zero-order chi connectivity index (χ0) is 20.3. The number of hydrogen-bond donors (Lipinski definition) is 2. The smallest absolute Gasteiger partial charge is 0.190 e. The summed E-state index contributed by atoms with van der Waals surface area (Å²) in [5.74, 6) is 0.664. The van der Waals surface area contributed by atoms with Crippen molar-refractivity contribution in [1.29, 1.82) is 0 Å². The van der Waals surface area contributed by atoms with E-state index in [1.807, 2.05) is 24.3 Å². The molecule has 158 valence electrons. The van der Waals surface area contributed by atoms with Crippen molar-refractivity contribution in [2.24, 2.45) is 5.92 Å². The molecule has 7 heteroatoms. The van der Waals surface area contributed by atoms with Gasteiger partial charge >= 0.3 is 0 Å². The molecule has 2 saturated heterocycles. The second kappa shape index (κ2) is 9.07. The van der Waals surface area contributed by atoms with Gasteiger partial charge in [0.1, 0.15) is 30.2 Å². The van der Waals surface area contributed by atoms with Gasteiger partial charge < -0.3 is 33.9 Å². The Labute approximate surface area is 166 Å². The molecule has 0 bridgehead atoms. The van der Waals surface area contributed by atoms with Crippen LogP contribution >= 0.6 is 0 Å². The quantitative estimate of drug-likeness (QED) is 0.662. The van der Waals surface area contributed by atoms with E-state index >= 15 is 0 Å². The molecule has 0 amide bonds. The Bertz CT molecular complexity index is 616. The average Bonchev–Trinajstić information content (AvgIpc) is 3.12. The zero-order valence-corrected chi connectivity index (χ0v) is 17.0. The topological polar surface area (TPSA) is 86.6 Å². The molecule has 0 unspecified atom stereocenters. The molecule has 2 aliphatic heterocycles. The molecule has 0 radical (unpaired) electrons. The molecule has 28 heavy (non-hydrogen) atoms. The zero-order valence-electron chi connectivity index (χ0n) is 17.0. The van der Waals surface area contributed by atoms with Crippen LogP contribution in [0.5, 0.6) is 5.75 Å². The molecule has 2 heterocycles. The fourth-order valence-corrected chi connectivity index (χ4v) is 3.39. The highest BCUT2D eigenvalue weighted by Gasteiger charge is 2.56. The van der Waals surface area contributed by atoms with Crippen molar-refractivity contribution in [3.63, 3.8) is 0 Å². The molecule has 0 aliphatic carbocycles. The second-order valence-electron chi connectivity index (χ2n) is 8.27. The van der Waals surface area contributed by atoms with Crippen LogP contribution in [0.2, 0.25) is 0 Å². The summed E-state index contributed by atoms with van der Waals surface area (Å²) in [6.07, 6.45) is -2.39. The number of ether oxygens (including phenoxy) is 5. The van der Waals surface area contributed by atoms with Gasteiger partial charge in [0.05, 0.1) is 19.8 Å². The first-order valence-electron chi connectivity index (χ1n) is 9.92. The van der Waals surface area contributed by atoms with Crippen LogP contribution in [0.25, 0.3) is 0 Å². The highest BCUT2D eigenvalue weighted by atomic mass is 16.8. The molecule has 2 aliphatic rings. The van der Waals surface area contributed by atoms with E-state index in [1.165, 1.54) is 0 Å². The minimum atomic E-state index is -1.07. The summed E-state index contributed by atoms with van der Waals surface area (Å²) in [6.45, 7) is 8.55. The van der Waals surface area contributed by atoms with Gasteiger partial charge in [0, 0.05) is 0 Å². The molecule has 0 spiro atoms. The molecule has 1 aromatic carbocycles. The van der Waals surface area contributed by atoms with Crippen LogP contribution in [0, 0.1) is 5.92 Å². The van der Waals surface area contributed by atoms with E-state index < -0.39 is 43.1 Å². The summed E-state index contributed by atoms with van der Waals surface area (Å²) in [5, 5.41) is 19.4. The highest BCUT2D eigenvalue weighted by molar-refractivity contribution is 5.26. The van der Waals surface area contributed by atoms with E-state index in [1.54, 1.807) is 13.8 Å². The average molecular weight is 396 g/mol. The Hall–Kier alpha value is -1.22. The summed E-state index contributed by atoms with van der Waals surface area (Å²) in [4.78, 5) is 0. The number of hydrogen-bond acceptors (Lipinski definition) is 7. The largest absolute Gasteiger partial charge is 0.494 e. The number of aliphatic hydroxyl groups is 2. The summed E-state index contributed by atoms with van der Waals surface area (Å²) in [6, 6.07) is 7.74. The lowest BCUT2D eigenvalue weighted by molar-refractivity contribution is -0.232. The lowest BCUT2D eigenvalue weighted by atomic mass is 10.1. The van der Waals surface area contributed by atoms with E-state index in [4.69, 9.17) is 23.7 Å². The summed E-state index contributed by atoms with van der Waals surface area (Å²) >= 11 is 0. The van der Waals surface area contributed by atoms with Gasteiger partial charge in [0.2, 0.25) is 0 Å². The molecule has 7 nitrogen and oxygen atoms in total. The van der Waals surface area contributed by atoms with Gasteiger partial charge in [-0.2, -0.15) is 0 Å². The van der Waals surface area contributed by atoms with Crippen LogP contribution in [0.1, 0.15) is 39.7 Å². The Kier molecular flexibility index (Phi) is 6.96. The van der Waals surface area contributed by atoms with E-state index in [0.29, 0.717) is 19.1 Å². The third-order valence-corrected chi connectivity index (χ3v) is 4.92. The lowest BCUT2D eigenvalue weighted by Gasteiger charge is -2.28. The van der Waals surface area contributed by atoms with Crippen molar-refractivity contribution >= 4 is 0 Å². The van der Waals surface area contributed by atoms with Gasteiger partial charge in [-0.25, -0.2) is 0 Å². The number of benzene rings is 1. The van der Waals surface area contributed by atoms with Crippen LogP contribution in [0.4, 0.5) is 0 Å². The number of rotatable bonds is 9.